The van der Waals surface area contributed by atoms with Crippen LogP contribution in [0.3, 0.4) is 0 Å². The van der Waals surface area contributed by atoms with Gasteiger partial charge in [0.05, 0.1) is 0 Å². The first kappa shape index (κ1) is 14.2. The van der Waals surface area contributed by atoms with Crippen LogP contribution < -0.4 is 5.32 Å². The number of benzene rings is 1. The smallest absolute Gasteiger partial charge is 0.254 e. The first-order valence-corrected chi connectivity index (χ1v) is 7.89. The molecule has 5 heteroatoms. The summed E-state index contributed by atoms with van der Waals surface area (Å²) in [5.41, 5.74) is 0.590. The van der Waals surface area contributed by atoms with Gasteiger partial charge in [0.2, 0.25) is 0 Å². The summed E-state index contributed by atoms with van der Waals surface area (Å²) in [4.78, 5) is 14.7. The topological polar surface area (TPSA) is 32.3 Å². The maximum absolute atomic E-state index is 12.7. The van der Waals surface area contributed by atoms with Gasteiger partial charge in [-0.2, -0.15) is 0 Å². The molecule has 1 unspecified atom stereocenters. The summed E-state index contributed by atoms with van der Waals surface area (Å²) in [6, 6.07) is 5.87. The van der Waals surface area contributed by atoms with Crippen molar-refractivity contribution in [2.75, 3.05) is 13.1 Å². The third-order valence-corrected chi connectivity index (χ3v) is 4.37. The van der Waals surface area contributed by atoms with Gasteiger partial charge in [0, 0.05) is 34.2 Å². The lowest BCUT2D eigenvalue weighted by atomic mass is 10.1. The molecule has 1 saturated carbocycles. The molecular weight excluding hydrogens is 295 g/mol. The number of amides is 1. The number of hydrogen-bond acceptors (Lipinski definition) is 2. The van der Waals surface area contributed by atoms with E-state index in [1.165, 1.54) is 6.42 Å². The molecule has 2 aliphatic rings. The van der Waals surface area contributed by atoms with Gasteiger partial charge in [-0.1, -0.05) is 23.2 Å². The van der Waals surface area contributed by atoms with E-state index < -0.39 is 0 Å². The Morgan fingerprint density at radius 3 is 2.45 bits per heavy atom. The predicted octanol–water partition coefficient (Wildman–Crippen LogP) is 3.35. The SMILES string of the molecule is O=C(c1cc(Cl)cc(Cl)c1)N(CC1CCCN1)C1CC1. The highest BCUT2D eigenvalue weighted by Gasteiger charge is 2.35. The normalized spacial score (nSPS) is 22.0. The molecule has 1 aliphatic heterocycles. The molecular formula is C15H18Cl2N2O. The Labute approximate surface area is 129 Å². The van der Waals surface area contributed by atoms with E-state index in [9.17, 15) is 4.79 Å². The molecule has 3 rings (SSSR count). The van der Waals surface area contributed by atoms with Gasteiger partial charge in [0.15, 0.2) is 0 Å². The van der Waals surface area contributed by atoms with Crippen molar-refractivity contribution >= 4 is 29.1 Å². The molecule has 1 aromatic carbocycles. The Morgan fingerprint density at radius 2 is 1.90 bits per heavy atom. The third kappa shape index (κ3) is 3.27. The predicted molar refractivity (Wildman–Crippen MR) is 81.5 cm³/mol. The lowest BCUT2D eigenvalue weighted by molar-refractivity contribution is 0.0728. The summed E-state index contributed by atoms with van der Waals surface area (Å²) in [7, 11) is 0. The Balaban J connectivity index is 1.77. The minimum Gasteiger partial charge on any atom is -0.334 e. The molecule has 0 radical (unpaired) electrons. The fourth-order valence-corrected chi connectivity index (χ4v) is 3.30. The summed E-state index contributed by atoms with van der Waals surface area (Å²) in [5, 5.41) is 4.47. The minimum atomic E-state index is 0.0469. The summed E-state index contributed by atoms with van der Waals surface area (Å²) < 4.78 is 0. The van der Waals surface area contributed by atoms with Crippen molar-refractivity contribution < 1.29 is 4.79 Å². The molecule has 1 heterocycles. The zero-order valence-corrected chi connectivity index (χ0v) is 12.8. The fourth-order valence-electron chi connectivity index (χ4n) is 2.78. The third-order valence-electron chi connectivity index (χ3n) is 3.94. The second kappa shape index (κ2) is 5.92. The quantitative estimate of drug-likeness (QED) is 0.924. The van der Waals surface area contributed by atoms with Crippen molar-refractivity contribution in [2.24, 2.45) is 0 Å². The molecule has 1 saturated heterocycles. The molecule has 0 aromatic heterocycles. The van der Waals surface area contributed by atoms with Crippen molar-refractivity contribution in [3.05, 3.63) is 33.8 Å². The van der Waals surface area contributed by atoms with Gasteiger partial charge in [-0.15, -0.1) is 0 Å². The lowest BCUT2D eigenvalue weighted by Crippen LogP contribution is -2.42. The van der Waals surface area contributed by atoms with Gasteiger partial charge >= 0.3 is 0 Å². The maximum atomic E-state index is 12.7. The highest BCUT2D eigenvalue weighted by molar-refractivity contribution is 6.35. The number of hydrogen-bond donors (Lipinski definition) is 1. The van der Waals surface area contributed by atoms with E-state index in [4.69, 9.17) is 23.2 Å². The average Bonchev–Trinajstić information content (AvgIpc) is 3.11. The van der Waals surface area contributed by atoms with Crippen molar-refractivity contribution in [1.82, 2.24) is 10.2 Å². The molecule has 0 spiro atoms. The maximum Gasteiger partial charge on any atom is 0.254 e. The van der Waals surface area contributed by atoms with Gasteiger partial charge in [-0.3, -0.25) is 4.79 Å². The summed E-state index contributed by atoms with van der Waals surface area (Å²) in [5.74, 6) is 0.0469. The number of nitrogens with zero attached hydrogens (tertiary/aromatic N) is 1. The van der Waals surface area contributed by atoms with Crippen LogP contribution >= 0.6 is 23.2 Å². The first-order chi connectivity index (χ1) is 9.63. The van der Waals surface area contributed by atoms with Crippen LogP contribution in [0.4, 0.5) is 0 Å². The highest BCUT2D eigenvalue weighted by Crippen LogP contribution is 2.30. The number of nitrogens with one attached hydrogen (secondary N) is 1. The van der Waals surface area contributed by atoms with Crippen LogP contribution in [-0.2, 0) is 0 Å². The second-order valence-corrected chi connectivity index (χ2v) is 6.51. The van der Waals surface area contributed by atoms with Gasteiger partial charge in [0.1, 0.15) is 0 Å². The summed E-state index contributed by atoms with van der Waals surface area (Å²) in [6.45, 7) is 1.84. The highest BCUT2D eigenvalue weighted by atomic mass is 35.5. The number of halogens is 2. The van der Waals surface area contributed by atoms with Gasteiger partial charge < -0.3 is 10.2 Å². The lowest BCUT2D eigenvalue weighted by Gasteiger charge is -2.26. The zero-order chi connectivity index (χ0) is 14.1. The molecule has 1 N–H and O–H groups in total. The average molecular weight is 313 g/mol. The second-order valence-electron chi connectivity index (χ2n) is 5.64. The van der Waals surface area contributed by atoms with Crippen LogP contribution in [0.5, 0.6) is 0 Å². The van der Waals surface area contributed by atoms with Crippen LogP contribution in [0.1, 0.15) is 36.0 Å². The van der Waals surface area contributed by atoms with E-state index in [-0.39, 0.29) is 5.91 Å². The van der Waals surface area contributed by atoms with E-state index in [1.807, 2.05) is 4.90 Å². The van der Waals surface area contributed by atoms with Crippen molar-refractivity contribution in [3.63, 3.8) is 0 Å². The molecule has 1 amide bonds. The largest absolute Gasteiger partial charge is 0.334 e. The molecule has 1 aromatic rings. The monoisotopic (exact) mass is 312 g/mol. The molecule has 1 atom stereocenters. The minimum absolute atomic E-state index is 0.0469. The Bertz CT molecular complexity index is 490. The number of carbonyl (C=O) groups excluding carboxylic acids is 1. The van der Waals surface area contributed by atoms with Crippen LogP contribution in [0, 0.1) is 0 Å². The van der Waals surface area contributed by atoms with E-state index in [0.717, 1.165) is 32.4 Å². The van der Waals surface area contributed by atoms with Crippen molar-refractivity contribution in [2.45, 2.75) is 37.8 Å². The van der Waals surface area contributed by atoms with E-state index in [2.05, 4.69) is 5.32 Å². The van der Waals surface area contributed by atoms with Crippen LogP contribution in [0.15, 0.2) is 18.2 Å². The first-order valence-electron chi connectivity index (χ1n) is 7.14. The summed E-state index contributed by atoms with van der Waals surface area (Å²) in [6.07, 6.45) is 4.55. The van der Waals surface area contributed by atoms with Crippen molar-refractivity contribution in [3.8, 4) is 0 Å². The Kier molecular flexibility index (Phi) is 4.20. The molecule has 3 nitrogen and oxygen atoms in total. The molecule has 108 valence electrons. The van der Waals surface area contributed by atoms with Crippen LogP contribution in [0.2, 0.25) is 10.0 Å². The van der Waals surface area contributed by atoms with E-state index in [1.54, 1.807) is 18.2 Å². The van der Waals surface area contributed by atoms with Gasteiger partial charge in [-0.25, -0.2) is 0 Å². The fraction of sp³-hybridized carbons (Fsp3) is 0.533. The standard InChI is InChI=1S/C15H18Cl2N2O/c16-11-6-10(7-12(17)8-11)15(20)19(14-3-4-14)9-13-2-1-5-18-13/h6-8,13-14,18H,1-5,9H2. The van der Waals surface area contributed by atoms with Gasteiger partial charge in [0.25, 0.3) is 5.91 Å². The number of rotatable bonds is 4. The molecule has 0 bridgehead atoms. The molecule has 2 fully saturated rings. The zero-order valence-electron chi connectivity index (χ0n) is 11.2. The van der Waals surface area contributed by atoms with Crippen LogP contribution in [0.25, 0.3) is 0 Å². The Hall–Kier alpha value is -0.770. The number of carbonyl (C=O) groups is 1. The van der Waals surface area contributed by atoms with Crippen LogP contribution in [-0.4, -0.2) is 36.0 Å². The van der Waals surface area contributed by atoms with Gasteiger partial charge in [-0.05, 0) is 50.4 Å². The summed E-state index contributed by atoms with van der Waals surface area (Å²) >= 11 is 12.0. The van der Waals surface area contributed by atoms with Crippen molar-refractivity contribution in [1.29, 1.82) is 0 Å². The van der Waals surface area contributed by atoms with E-state index in [0.29, 0.717) is 27.7 Å². The Morgan fingerprint density at radius 1 is 1.20 bits per heavy atom. The molecule has 20 heavy (non-hydrogen) atoms. The van der Waals surface area contributed by atoms with E-state index >= 15 is 0 Å². The molecule has 1 aliphatic carbocycles.